The summed E-state index contributed by atoms with van der Waals surface area (Å²) in [7, 11) is 2.37. The molecule has 12 heavy (non-hydrogen) atoms. The van der Waals surface area contributed by atoms with Gasteiger partial charge in [0, 0.05) is 0 Å². The molecule has 0 amide bonds. The first-order chi connectivity index (χ1) is 5.10. The van der Waals surface area contributed by atoms with Gasteiger partial charge in [-0.3, -0.25) is 0 Å². The van der Waals surface area contributed by atoms with Gasteiger partial charge in [-0.25, -0.2) is 0 Å². The lowest BCUT2D eigenvalue weighted by molar-refractivity contribution is 0.302. The van der Waals surface area contributed by atoms with Crippen LogP contribution in [0.15, 0.2) is 0 Å². The van der Waals surface area contributed by atoms with E-state index in [9.17, 15) is 0 Å². The molecule has 0 aliphatic carbocycles. The first-order valence-corrected chi connectivity index (χ1v) is 5.10. The van der Waals surface area contributed by atoms with Crippen LogP contribution >= 0.6 is 0 Å². The van der Waals surface area contributed by atoms with Crippen LogP contribution in [0.25, 0.3) is 0 Å². The highest BCUT2D eigenvalue weighted by Crippen LogP contribution is 2.34. The Kier molecular flexibility index (Phi) is 3.87. The third-order valence-electron chi connectivity index (χ3n) is 1.92. The molecule has 0 aliphatic rings. The maximum absolute atomic E-state index is 2.37. The highest BCUT2D eigenvalue weighted by atomic mass is 14.2. The lowest BCUT2D eigenvalue weighted by Crippen LogP contribution is -2.15. The molecule has 0 radical (unpaired) electrons. The standard InChI is InChI=1S/C11H25B/c1-10(2,3)7-9(12)8-11(4,5)6/h9H,7-8,12H2,1-6H3. The zero-order valence-electron chi connectivity index (χ0n) is 9.99. The molecule has 0 fully saturated rings. The van der Waals surface area contributed by atoms with E-state index >= 15 is 0 Å². The fourth-order valence-corrected chi connectivity index (χ4v) is 2.16. The van der Waals surface area contributed by atoms with Crippen LogP contribution in [-0.4, -0.2) is 7.85 Å². The first-order valence-electron chi connectivity index (χ1n) is 5.10. The van der Waals surface area contributed by atoms with Gasteiger partial charge < -0.3 is 0 Å². The summed E-state index contributed by atoms with van der Waals surface area (Å²) in [4.78, 5) is 0. The Morgan fingerprint density at radius 1 is 0.833 bits per heavy atom. The predicted octanol–water partition coefficient (Wildman–Crippen LogP) is 3.28. The smallest absolute Gasteiger partial charge is 0.0687 e. The number of hydrogen-bond acceptors (Lipinski definition) is 0. The van der Waals surface area contributed by atoms with E-state index in [1.807, 2.05) is 0 Å². The van der Waals surface area contributed by atoms with Gasteiger partial charge >= 0.3 is 0 Å². The van der Waals surface area contributed by atoms with E-state index in [4.69, 9.17) is 0 Å². The van der Waals surface area contributed by atoms with E-state index in [0.717, 1.165) is 5.82 Å². The Bertz CT molecular complexity index is 109. The van der Waals surface area contributed by atoms with Gasteiger partial charge in [-0.15, -0.1) is 0 Å². The van der Waals surface area contributed by atoms with Gasteiger partial charge in [0.15, 0.2) is 0 Å². The fraction of sp³-hybridized carbons (Fsp3) is 1.00. The molecule has 72 valence electrons. The average Bonchev–Trinajstić information content (AvgIpc) is 1.49. The van der Waals surface area contributed by atoms with E-state index in [1.54, 1.807) is 0 Å². The van der Waals surface area contributed by atoms with Crippen molar-refractivity contribution in [3.63, 3.8) is 0 Å². The van der Waals surface area contributed by atoms with Crippen molar-refractivity contribution in [3.8, 4) is 0 Å². The molecule has 0 aromatic rings. The lowest BCUT2D eigenvalue weighted by atomic mass is 9.68. The molecule has 0 aliphatic heterocycles. The summed E-state index contributed by atoms with van der Waals surface area (Å²) in [5.74, 6) is 0.852. The molecule has 0 saturated carbocycles. The SMILES string of the molecule is BC(CC(C)(C)C)CC(C)(C)C. The minimum absolute atomic E-state index is 0.491. The zero-order chi connectivity index (χ0) is 9.99. The van der Waals surface area contributed by atoms with Crippen molar-refractivity contribution in [2.75, 3.05) is 0 Å². The Morgan fingerprint density at radius 2 is 1.08 bits per heavy atom. The predicted molar refractivity (Wildman–Crippen MR) is 60.4 cm³/mol. The Morgan fingerprint density at radius 3 is 1.25 bits per heavy atom. The molecule has 1 heteroatoms. The molecular formula is C11H25B. The molecular weight excluding hydrogens is 143 g/mol. The van der Waals surface area contributed by atoms with Crippen LogP contribution < -0.4 is 0 Å². The van der Waals surface area contributed by atoms with Crippen LogP contribution in [0.5, 0.6) is 0 Å². The van der Waals surface area contributed by atoms with E-state index in [-0.39, 0.29) is 0 Å². The normalized spacial score (nSPS) is 13.9. The van der Waals surface area contributed by atoms with Crippen LogP contribution in [0.3, 0.4) is 0 Å². The maximum Gasteiger partial charge on any atom is 0.105 e. The molecule has 0 spiro atoms. The highest BCUT2D eigenvalue weighted by Gasteiger charge is 2.20. The van der Waals surface area contributed by atoms with Crippen molar-refractivity contribution in [1.29, 1.82) is 0 Å². The first kappa shape index (κ1) is 12.1. The quantitative estimate of drug-likeness (QED) is 0.555. The lowest BCUT2D eigenvalue weighted by Gasteiger charge is -2.28. The third-order valence-corrected chi connectivity index (χ3v) is 1.92. The van der Waals surface area contributed by atoms with Gasteiger partial charge in [-0.05, 0) is 10.8 Å². The van der Waals surface area contributed by atoms with Crippen molar-refractivity contribution in [3.05, 3.63) is 0 Å². The highest BCUT2D eigenvalue weighted by molar-refractivity contribution is 6.11. The van der Waals surface area contributed by atoms with E-state index < -0.39 is 0 Å². The van der Waals surface area contributed by atoms with Gasteiger partial charge in [-0.1, -0.05) is 60.2 Å². The molecule has 0 N–H and O–H groups in total. The minimum atomic E-state index is 0.491. The van der Waals surface area contributed by atoms with Crippen LogP contribution in [0.1, 0.15) is 54.4 Å². The van der Waals surface area contributed by atoms with Gasteiger partial charge in [-0.2, -0.15) is 0 Å². The van der Waals surface area contributed by atoms with Crippen LogP contribution in [-0.2, 0) is 0 Å². The molecule has 0 rings (SSSR count). The van der Waals surface area contributed by atoms with Crippen LogP contribution in [0.2, 0.25) is 5.82 Å². The molecule has 0 heterocycles. The van der Waals surface area contributed by atoms with Gasteiger partial charge in [0.05, 0.1) is 0 Å². The summed E-state index contributed by atoms with van der Waals surface area (Å²) in [6.45, 7) is 14.0. The van der Waals surface area contributed by atoms with Crippen LogP contribution in [0.4, 0.5) is 0 Å². The Labute approximate surface area is 79.5 Å². The molecule has 0 unspecified atom stereocenters. The van der Waals surface area contributed by atoms with Crippen molar-refractivity contribution >= 4 is 7.85 Å². The van der Waals surface area contributed by atoms with Gasteiger partial charge in [0.2, 0.25) is 0 Å². The number of rotatable bonds is 2. The second-order valence-electron chi connectivity index (χ2n) is 6.63. The largest absolute Gasteiger partial charge is 0.105 e. The Hall–Kier alpha value is 0.0649. The summed E-state index contributed by atoms with van der Waals surface area (Å²) < 4.78 is 0. The van der Waals surface area contributed by atoms with E-state index in [1.165, 1.54) is 12.8 Å². The van der Waals surface area contributed by atoms with Crippen molar-refractivity contribution in [1.82, 2.24) is 0 Å². The topological polar surface area (TPSA) is 0 Å². The monoisotopic (exact) mass is 168 g/mol. The molecule has 0 saturated heterocycles. The summed E-state index contributed by atoms with van der Waals surface area (Å²) in [6, 6.07) is 0. The summed E-state index contributed by atoms with van der Waals surface area (Å²) >= 11 is 0. The third kappa shape index (κ3) is 8.16. The van der Waals surface area contributed by atoms with Crippen molar-refractivity contribution in [2.24, 2.45) is 10.8 Å². The van der Waals surface area contributed by atoms with Crippen molar-refractivity contribution in [2.45, 2.75) is 60.2 Å². The number of hydrogen-bond donors (Lipinski definition) is 0. The Balaban J connectivity index is 3.83. The fourth-order valence-electron chi connectivity index (χ4n) is 2.16. The van der Waals surface area contributed by atoms with E-state index in [2.05, 4.69) is 49.4 Å². The molecule has 0 nitrogen and oxygen atoms in total. The molecule has 0 atom stereocenters. The maximum atomic E-state index is 2.37. The second-order valence-corrected chi connectivity index (χ2v) is 6.63. The van der Waals surface area contributed by atoms with Gasteiger partial charge in [0.25, 0.3) is 0 Å². The molecule has 0 aromatic heterocycles. The van der Waals surface area contributed by atoms with Crippen LogP contribution in [0, 0.1) is 10.8 Å². The second kappa shape index (κ2) is 3.85. The summed E-state index contributed by atoms with van der Waals surface area (Å²) in [5.41, 5.74) is 0.981. The van der Waals surface area contributed by atoms with Gasteiger partial charge in [0.1, 0.15) is 7.85 Å². The van der Waals surface area contributed by atoms with E-state index in [0.29, 0.717) is 10.8 Å². The van der Waals surface area contributed by atoms with Crippen molar-refractivity contribution < 1.29 is 0 Å². The minimum Gasteiger partial charge on any atom is -0.0687 e. The summed E-state index contributed by atoms with van der Waals surface area (Å²) in [6.07, 6.45) is 2.68. The average molecular weight is 168 g/mol. The molecule has 0 bridgehead atoms. The zero-order valence-corrected chi connectivity index (χ0v) is 9.99. The summed E-state index contributed by atoms with van der Waals surface area (Å²) in [5, 5.41) is 0. The molecule has 0 aromatic carbocycles.